The van der Waals surface area contributed by atoms with E-state index in [4.69, 9.17) is 15.3 Å². The first-order valence-electron chi connectivity index (χ1n) is 12.2. The summed E-state index contributed by atoms with van der Waals surface area (Å²) in [5, 5.41) is 10.7. The zero-order valence-corrected chi connectivity index (χ0v) is 22.5. The SMILES string of the molecule is CCc1c2[n-]c(c1C=O)/C=C\[N-]C/C=C1/[N-]C(C3=c4[n-]/c(c(C)c4C(=O)[C@@H]3C=O)=C\2)[C@@H](CC)[C@@H]1C.[Mg+2]. The molecule has 0 amide bonds. The Morgan fingerprint density at radius 3 is 2.58 bits per heavy atom. The van der Waals surface area contributed by atoms with Crippen molar-refractivity contribution in [2.75, 3.05) is 6.54 Å². The van der Waals surface area contributed by atoms with Crippen molar-refractivity contribution in [2.45, 2.75) is 46.6 Å². The maximum atomic E-state index is 13.4. The average molecular weight is 493 g/mol. The summed E-state index contributed by atoms with van der Waals surface area (Å²) in [6.07, 6.45) is 10.4. The summed E-state index contributed by atoms with van der Waals surface area (Å²) in [4.78, 5) is 47.0. The van der Waals surface area contributed by atoms with Crippen LogP contribution in [0.25, 0.3) is 28.4 Å². The molecule has 5 rings (SSSR count). The number of rotatable bonds is 4. The molecule has 7 nitrogen and oxygen atoms in total. The molecular formula is C28H28MgN4O3-2. The predicted octanol–water partition coefficient (Wildman–Crippen LogP) is 2.55. The van der Waals surface area contributed by atoms with Crippen molar-refractivity contribution < 1.29 is 14.4 Å². The molecular weight excluding hydrogens is 465 g/mol. The molecule has 1 fully saturated rings. The molecule has 2 aromatic rings. The number of allylic oxidation sites excluding steroid dienone is 1. The van der Waals surface area contributed by atoms with Gasteiger partial charge >= 0.3 is 23.1 Å². The van der Waals surface area contributed by atoms with Gasteiger partial charge in [0.2, 0.25) is 0 Å². The summed E-state index contributed by atoms with van der Waals surface area (Å²) >= 11 is 0. The number of Topliss-reactive ketones (excluding diaryl/α,β-unsaturated/α-hetero) is 1. The maximum Gasteiger partial charge on any atom is 2.00 e. The summed E-state index contributed by atoms with van der Waals surface area (Å²) in [7, 11) is 0. The number of aromatic nitrogens is 2. The molecule has 1 unspecified atom stereocenters. The van der Waals surface area contributed by atoms with Crippen molar-refractivity contribution >= 4 is 59.1 Å². The summed E-state index contributed by atoms with van der Waals surface area (Å²) in [6.45, 7) is 8.54. The Bertz CT molecular complexity index is 1410. The fraction of sp³-hybridized carbons (Fsp3) is 0.393. The van der Waals surface area contributed by atoms with E-state index in [0.29, 0.717) is 51.8 Å². The van der Waals surface area contributed by atoms with E-state index in [0.717, 1.165) is 35.8 Å². The largest absolute Gasteiger partial charge is 2.00 e. The van der Waals surface area contributed by atoms with Crippen LogP contribution in [-0.2, 0) is 11.2 Å². The van der Waals surface area contributed by atoms with E-state index in [1.807, 2.05) is 26.0 Å². The van der Waals surface area contributed by atoms with E-state index in [1.165, 1.54) is 0 Å². The number of fused-ring (bicyclic) bond motifs is 6. The van der Waals surface area contributed by atoms with Crippen molar-refractivity contribution in [3.63, 3.8) is 0 Å². The molecule has 1 aliphatic carbocycles. The molecule has 0 aromatic carbocycles. The molecule has 6 bridgehead atoms. The molecule has 2 aromatic heterocycles. The first kappa shape index (κ1) is 26.2. The minimum atomic E-state index is -0.849. The second-order valence-corrected chi connectivity index (χ2v) is 9.41. The van der Waals surface area contributed by atoms with Crippen molar-refractivity contribution in [3.05, 3.63) is 72.9 Å². The number of hydrogen-bond acceptors (Lipinski definition) is 3. The van der Waals surface area contributed by atoms with Gasteiger partial charge in [0.25, 0.3) is 0 Å². The minimum Gasteiger partial charge on any atom is -0.687 e. The Kier molecular flexibility index (Phi) is 7.47. The first-order chi connectivity index (χ1) is 16.9. The van der Waals surface area contributed by atoms with Crippen LogP contribution in [0.2, 0.25) is 0 Å². The Labute approximate surface area is 226 Å². The molecule has 2 aliphatic heterocycles. The normalized spacial score (nSPS) is 27.7. The third-order valence-electron chi connectivity index (χ3n) is 7.73. The standard InChI is InChI=1S/C28H29N4O3.Mg/c1-5-16-14(3)20-7-9-29-10-8-21-18(12-33)17(6-2)23(30-21)11-22-15(4)24-27(32-22)25(26(16)31-20)19(13-34)28(24)35;/h7-8,10-14,16,19,26H,5-6,9H2,1-4H3,(H-,29,30,33,35);/q-3;+2/p-1/b20-7+;/t14-,16-,19+,26?;/m0./s1. The van der Waals surface area contributed by atoms with Gasteiger partial charge in [-0.05, 0) is 25.2 Å². The van der Waals surface area contributed by atoms with Crippen LogP contribution in [0.4, 0.5) is 0 Å². The first-order valence-corrected chi connectivity index (χ1v) is 12.2. The van der Waals surface area contributed by atoms with E-state index < -0.39 is 5.92 Å². The Hall–Kier alpha value is -2.84. The molecule has 0 N–H and O–H groups in total. The second kappa shape index (κ2) is 10.3. The van der Waals surface area contributed by atoms with E-state index in [-0.39, 0.29) is 46.7 Å². The van der Waals surface area contributed by atoms with Gasteiger partial charge in [-0.2, -0.15) is 11.9 Å². The smallest absolute Gasteiger partial charge is 0.687 e. The van der Waals surface area contributed by atoms with E-state index >= 15 is 0 Å². The molecule has 3 aliphatic rings. The van der Waals surface area contributed by atoms with Gasteiger partial charge < -0.3 is 25.4 Å². The van der Waals surface area contributed by atoms with Crippen molar-refractivity contribution in [3.8, 4) is 0 Å². The van der Waals surface area contributed by atoms with Gasteiger partial charge in [0.05, 0.1) is 5.92 Å². The second-order valence-electron chi connectivity index (χ2n) is 9.41. The van der Waals surface area contributed by atoms with E-state index in [2.05, 4.69) is 19.2 Å². The molecule has 36 heavy (non-hydrogen) atoms. The van der Waals surface area contributed by atoms with Crippen LogP contribution >= 0.6 is 0 Å². The number of hydrogen-bond donors (Lipinski definition) is 0. The Morgan fingerprint density at radius 2 is 1.92 bits per heavy atom. The number of aldehydes is 2. The third-order valence-corrected chi connectivity index (χ3v) is 7.73. The zero-order valence-electron chi connectivity index (χ0n) is 21.1. The van der Waals surface area contributed by atoms with Crippen LogP contribution in [0.3, 0.4) is 0 Å². The van der Waals surface area contributed by atoms with Crippen molar-refractivity contribution in [1.82, 2.24) is 9.97 Å². The van der Waals surface area contributed by atoms with Crippen molar-refractivity contribution in [2.24, 2.45) is 17.8 Å². The van der Waals surface area contributed by atoms with Gasteiger partial charge in [0, 0.05) is 11.1 Å². The van der Waals surface area contributed by atoms with Gasteiger partial charge in [0.15, 0.2) is 5.78 Å². The topological polar surface area (TPSA) is 108 Å². The average Bonchev–Trinajstić information content (AvgIpc) is 3.53. The van der Waals surface area contributed by atoms with Gasteiger partial charge in [-0.1, -0.05) is 62.1 Å². The van der Waals surface area contributed by atoms with Crippen LogP contribution in [0, 0.1) is 24.7 Å². The zero-order chi connectivity index (χ0) is 24.9. The molecule has 4 atom stereocenters. The van der Waals surface area contributed by atoms with Gasteiger partial charge in [-0.25, -0.2) is 0 Å². The van der Waals surface area contributed by atoms with Gasteiger partial charge in [-0.3, -0.25) is 9.59 Å². The van der Waals surface area contributed by atoms with E-state index in [1.54, 1.807) is 12.3 Å². The molecule has 4 heterocycles. The molecule has 1 saturated heterocycles. The van der Waals surface area contributed by atoms with Crippen LogP contribution in [0.15, 0.2) is 18.0 Å². The Balaban J connectivity index is 0.00000304. The summed E-state index contributed by atoms with van der Waals surface area (Å²) in [5.74, 6) is -0.704. The molecule has 8 heteroatoms. The third kappa shape index (κ3) is 3.91. The number of carbonyl (C=O) groups excluding carboxylic acids is 3. The molecule has 182 valence electrons. The predicted molar refractivity (Wildman–Crippen MR) is 140 cm³/mol. The fourth-order valence-electron chi connectivity index (χ4n) is 5.86. The van der Waals surface area contributed by atoms with Crippen LogP contribution in [0.5, 0.6) is 0 Å². The molecule has 0 radical (unpaired) electrons. The van der Waals surface area contributed by atoms with Crippen molar-refractivity contribution in [1.29, 1.82) is 0 Å². The van der Waals surface area contributed by atoms with Gasteiger partial charge in [0.1, 0.15) is 12.6 Å². The number of nitrogens with zero attached hydrogens (tertiary/aromatic N) is 4. The summed E-state index contributed by atoms with van der Waals surface area (Å²) in [6, 6.07) is -0.274. The van der Waals surface area contributed by atoms with E-state index in [9.17, 15) is 14.4 Å². The minimum absolute atomic E-state index is 0. The van der Waals surface area contributed by atoms with Gasteiger partial charge in [-0.15, -0.1) is 34.7 Å². The summed E-state index contributed by atoms with van der Waals surface area (Å²) < 4.78 is 0. The molecule has 0 spiro atoms. The van der Waals surface area contributed by atoms with Crippen LogP contribution in [-0.4, -0.2) is 54.0 Å². The quantitative estimate of drug-likeness (QED) is 0.370. The number of carbonyl (C=O) groups is 3. The Morgan fingerprint density at radius 1 is 1.14 bits per heavy atom. The maximum absolute atomic E-state index is 13.4. The number of ketones is 1. The summed E-state index contributed by atoms with van der Waals surface area (Å²) in [5.41, 5.74) is 5.51. The van der Waals surface area contributed by atoms with Crippen LogP contribution < -0.4 is 20.7 Å². The monoisotopic (exact) mass is 492 g/mol. The molecule has 0 saturated carbocycles. The fourth-order valence-corrected chi connectivity index (χ4v) is 5.86. The van der Waals surface area contributed by atoms with Crippen LogP contribution in [0.1, 0.15) is 70.4 Å².